The molecular weight excluding hydrogens is 717 g/mol. The van der Waals surface area contributed by atoms with E-state index in [-0.39, 0.29) is 0 Å². The van der Waals surface area contributed by atoms with Crippen LogP contribution in [0.4, 0.5) is 17.1 Å². The Balaban J connectivity index is 1.01. The highest BCUT2D eigenvalue weighted by Gasteiger charge is 2.46. The van der Waals surface area contributed by atoms with Gasteiger partial charge in [-0.2, -0.15) is 5.26 Å². The summed E-state index contributed by atoms with van der Waals surface area (Å²) in [5.74, 6) is 0. The molecule has 0 spiro atoms. The second-order valence-corrected chi connectivity index (χ2v) is 15.2. The summed E-state index contributed by atoms with van der Waals surface area (Å²) >= 11 is 0. The van der Waals surface area contributed by atoms with E-state index < -0.39 is 5.41 Å². The van der Waals surface area contributed by atoms with Gasteiger partial charge in [0.15, 0.2) is 0 Å². The Bertz CT molecular complexity index is 3150. The van der Waals surface area contributed by atoms with E-state index in [1.807, 2.05) is 36.4 Å². The first-order valence-electron chi connectivity index (χ1n) is 20.0. The molecule has 0 radical (unpaired) electrons. The van der Waals surface area contributed by atoms with E-state index in [0.29, 0.717) is 5.56 Å². The minimum Gasteiger partial charge on any atom is -0.455 e. The van der Waals surface area contributed by atoms with Crippen LogP contribution in [0.15, 0.2) is 223 Å². The molecule has 0 amide bonds. The lowest BCUT2D eigenvalue weighted by Crippen LogP contribution is -2.28. The van der Waals surface area contributed by atoms with Crippen LogP contribution in [-0.2, 0) is 5.41 Å². The minimum atomic E-state index is -0.521. The van der Waals surface area contributed by atoms with Gasteiger partial charge in [-0.3, -0.25) is 0 Å². The second-order valence-electron chi connectivity index (χ2n) is 15.2. The molecule has 9 aromatic carbocycles. The van der Waals surface area contributed by atoms with Crippen molar-refractivity contribution in [2.45, 2.75) is 5.41 Å². The van der Waals surface area contributed by atoms with Gasteiger partial charge in [0, 0.05) is 33.4 Å². The van der Waals surface area contributed by atoms with E-state index in [1.165, 1.54) is 33.4 Å². The van der Waals surface area contributed by atoms with Gasteiger partial charge in [0.2, 0.25) is 0 Å². The molecule has 0 aliphatic heterocycles. The fourth-order valence-corrected chi connectivity index (χ4v) is 9.32. The zero-order valence-corrected chi connectivity index (χ0v) is 32.1. The lowest BCUT2D eigenvalue weighted by molar-refractivity contribution is 0.670. The Morgan fingerprint density at radius 2 is 0.932 bits per heavy atom. The number of fused-ring (bicyclic) bond motifs is 6. The van der Waals surface area contributed by atoms with Crippen molar-refractivity contribution < 1.29 is 4.42 Å². The molecule has 11 rings (SSSR count). The third kappa shape index (κ3) is 5.50. The van der Waals surface area contributed by atoms with Crippen molar-refractivity contribution in [2.24, 2.45) is 0 Å². The number of anilines is 3. The van der Waals surface area contributed by atoms with Gasteiger partial charge in [-0.25, -0.2) is 0 Å². The Morgan fingerprint density at radius 3 is 1.63 bits per heavy atom. The van der Waals surface area contributed by atoms with Gasteiger partial charge >= 0.3 is 0 Å². The van der Waals surface area contributed by atoms with Gasteiger partial charge < -0.3 is 9.32 Å². The number of benzene rings is 9. The largest absolute Gasteiger partial charge is 0.455 e. The molecule has 0 saturated carbocycles. The van der Waals surface area contributed by atoms with Gasteiger partial charge in [0.05, 0.1) is 17.0 Å². The molecule has 0 N–H and O–H groups in total. The van der Waals surface area contributed by atoms with E-state index >= 15 is 0 Å². The normalized spacial score (nSPS) is 12.5. The van der Waals surface area contributed by atoms with Crippen LogP contribution in [0.25, 0.3) is 55.3 Å². The van der Waals surface area contributed by atoms with E-state index in [9.17, 15) is 5.26 Å². The zero-order valence-electron chi connectivity index (χ0n) is 32.1. The third-order valence-corrected chi connectivity index (χ3v) is 12.0. The van der Waals surface area contributed by atoms with Crippen LogP contribution in [0.2, 0.25) is 0 Å². The standard InChI is InChI=1S/C56H36N2O/c57-37-38-22-30-44(31-23-38)58(45-32-28-40(29-33-45)39-24-26-41(27-25-39)47-18-11-19-51-50-17-8-10-21-54(50)59-55(47)51)46-34-35-49-48-16-7-9-20-52(48)56(53(49)36-46,42-12-3-1-4-13-42)43-14-5-2-6-15-43/h1-36H. The Morgan fingerprint density at radius 1 is 0.407 bits per heavy atom. The molecule has 0 fully saturated rings. The van der Waals surface area contributed by atoms with Crippen LogP contribution >= 0.6 is 0 Å². The van der Waals surface area contributed by atoms with Gasteiger partial charge in [0.1, 0.15) is 11.2 Å². The molecule has 0 bridgehead atoms. The summed E-state index contributed by atoms with van der Waals surface area (Å²) in [6.45, 7) is 0. The summed E-state index contributed by atoms with van der Waals surface area (Å²) in [6, 6.07) is 79.8. The van der Waals surface area contributed by atoms with Crippen LogP contribution in [0, 0.1) is 11.3 Å². The van der Waals surface area contributed by atoms with E-state index in [4.69, 9.17) is 4.42 Å². The van der Waals surface area contributed by atoms with Crippen molar-refractivity contribution in [2.75, 3.05) is 4.90 Å². The first-order chi connectivity index (χ1) is 29.2. The SMILES string of the molecule is N#Cc1ccc(N(c2ccc(-c3ccc(-c4cccc5c4oc4ccccc45)cc3)cc2)c2ccc3c(c2)C(c2ccccc2)(c2ccccc2)c2ccccc2-3)cc1. The highest BCUT2D eigenvalue weighted by Crippen LogP contribution is 2.57. The van der Waals surface area contributed by atoms with Gasteiger partial charge in [-0.1, -0.05) is 164 Å². The fourth-order valence-electron chi connectivity index (χ4n) is 9.32. The quantitative estimate of drug-likeness (QED) is 0.163. The number of furan rings is 1. The van der Waals surface area contributed by atoms with Gasteiger partial charge in [0.25, 0.3) is 0 Å². The maximum atomic E-state index is 9.70. The van der Waals surface area contributed by atoms with Gasteiger partial charge in [-0.05, 0) is 105 Å². The fraction of sp³-hybridized carbons (Fsp3) is 0.0179. The molecule has 0 atom stereocenters. The van der Waals surface area contributed by atoms with Crippen LogP contribution in [0.5, 0.6) is 0 Å². The van der Waals surface area contributed by atoms with E-state index in [0.717, 1.165) is 61.3 Å². The molecule has 1 aliphatic carbocycles. The lowest BCUT2D eigenvalue weighted by Gasteiger charge is -2.35. The summed E-state index contributed by atoms with van der Waals surface area (Å²) in [5, 5.41) is 12.0. The predicted octanol–water partition coefficient (Wildman–Crippen LogP) is 14.6. The van der Waals surface area contributed by atoms with Crippen molar-refractivity contribution in [1.29, 1.82) is 5.26 Å². The predicted molar refractivity (Wildman–Crippen MR) is 241 cm³/mol. The molecule has 59 heavy (non-hydrogen) atoms. The molecule has 3 heteroatoms. The van der Waals surface area contributed by atoms with Crippen molar-refractivity contribution >= 4 is 39.0 Å². The van der Waals surface area contributed by atoms with Crippen molar-refractivity contribution in [3.8, 4) is 39.4 Å². The highest BCUT2D eigenvalue weighted by molar-refractivity contribution is 6.09. The number of nitriles is 1. The third-order valence-electron chi connectivity index (χ3n) is 12.0. The molecule has 1 aliphatic rings. The Labute approximate surface area is 343 Å². The summed E-state index contributed by atoms with van der Waals surface area (Å²) in [6.07, 6.45) is 0. The highest BCUT2D eigenvalue weighted by atomic mass is 16.3. The first kappa shape index (κ1) is 34.3. The van der Waals surface area contributed by atoms with Crippen LogP contribution in [0.1, 0.15) is 27.8 Å². The minimum absolute atomic E-state index is 0.521. The van der Waals surface area contributed by atoms with Crippen molar-refractivity contribution in [1.82, 2.24) is 0 Å². The number of hydrogen-bond donors (Lipinski definition) is 0. The van der Waals surface area contributed by atoms with Crippen molar-refractivity contribution in [3.63, 3.8) is 0 Å². The topological polar surface area (TPSA) is 40.2 Å². The lowest BCUT2D eigenvalue weighted by atomic mass is 9.67. The summed E-state index contributed by atoms with van der Waals surface area (Å²) in [7, 11) is 0. The van der Waals surface area contributed by atoms with Crippen molar-refractivity contribution in [3.05, 3.63) is 246 Å². The molecule has 1 heterocycles. The van der Waals surface area contributed by atoms with E-state index in [1.54, 1.807) is 0 Å². The molecule has 0 saturated heterocycles. The average Bonchev–Trinajstić information content (AvgIpc) is 3.84. The number of hydrogen-bond acceptors (Lipinski definition) is 3. The van der Waals surface area contributed by atoms with Gasteiger partial charge in [-0.15, -0.1) is 0 Å². The smallest absolute Gasteiger partial charge is 0.143 e. The second kappa shape index (κ2) is 13.9. The molecule has 0 unspecified atom stereocenters. The van der Waals surface area contributed by atoms with Crippen LogP contribution < -0.4 is 4.90 Å². The average molecular weight is 753 g/mol. The number of rotatable bonds is 7. The number of nitrogens with zero attached hydrogens (tertiary/aromatic N) is 2. The maximum absolute atomic E-state index is 9.70. The monoisotopic (exact) mass is 752 g/mol. The van der Waals surface area contributed by atoms with Crippen LogP contribution in [0.3, 0.4) is 0 Å². The van der Waals surface area contributed by atoms with E-state index in [2.05, 4.69) is 193 Å². The molecule has 1 aromatic heterocycles. The molecule has 3 nitrogen and oxygen atoms in total. The van der Waals surface area contributed by atoms with Crippen LogP contribution in [-0.4, -0.2) is 0 Å². The molecule has 10 aromatic rings. The molecular formula is C56H36N2O. The Hall–Kier alpha value is -7.93. The number of para-hydroxylation sites is 2. The zero-order chi connectivity index (χ0) is 39.3. The summed E-state index contributed by atoms with van der Waals surface area (Å²) in [4.78, 5) is 2.30. The summed E-state index contributed by atoms with van der Waals surface area (Å²) < 4.78 is 6.35. The maximum Gasteiger partial charge on any atom is 0.143 e. The molecule has 276 valence electrons. The first-order valence-corrected chi connectivity index (χ1v) is 20.0. The summed E-state index contributed by atoms with van der Waals surface area (Å²) in [5.41, 5.74) is 16.8. The Kier molecular flexibility index (Phi) is 8.10.